The Bertz CT molecular complexity index is 497. The summed E-state index contributed by atoms with van der Waals surface area (Å²) in [6, 6.07) is 0. The molecular formula is C9H12N4O3. The van der Waals surface area contributed by atoms with Crippen LogP contribution in [0.25, 0.3) is 5.88 Å². The van der Waals surface area contributed by atoms with Crippen LogP contribution in [0.4, 0.5) is 0 Å². The molecule has 7 nitrogen and oxygen atoms in total. The van der Waals surface area contributed by atoms with Gasteiger partial charge in [0.25, 0.3) is 5.88 Å². The summed E-state index contributed by atoms with van der Waals surface area (Å²) in [5.41, 5.74) is 2.17. The third-order valence-electron chi connectivity index (χ3n) is 2.17. The molecule has 1 aliphatic heterocycles. The molecule has 0 saturated carbocycles. The smallest absolute Gasteiger partial charge is 0.353 e. The van der Waals surface area contributed by atoms with Crippen LogP contribution in [-0.2, 0) is 18.0 Å². The molecule has 2 heterocycles. The Kier molecular flexibility index (Phi) is 2.78. The van der Waals surface area contributed by atoms with Crippen LogP contribution in [0.2, 0.25) is 0 Å². The molecule has 1 aromatic heterocycles. The highest BCUT2D eigenvalue weighted by molar-refractivity contribution is 5.40. The first-order valence-electron chi connectivity index (χ1n) is 4.87. The first kappa shape index (κ1) is 10.5. The number of nitrogens with one attached hydrogen (secondary N) is 1. The predicted molar refractivity (Wildman–Crippen MR) is 55.7 cm³/mol. The molecule has 0 aliphatic carbocycles. The summed E-state index contributed by atoms with van der Waals surface area (Å²) >= 11 is 0. The minimum Gasteiger partial charge on any atom is -0.388 e. The van der Waals surface area contributed by atoms with Crippen LogP contribution in [0.5, 0.6) is 0 Å². The van der Waals surface area contributed by atoms with E-state index in [9.17, 15) is 4.79 Å². The number of aliphatic hydroxyl groups is 1. The first-order valence-corrected chi connectivity index (χ1v) is 4.87. The van der Waals surface area contributed by atoms with Gasteiger partial charge in [-0.2, -0.15) is 0 Å². The van der Waals surface area contributed by atoms with Gasteiger partial charge in [0.15, 0.2) is 5.82 Å². The summed E-state index contributed by atoms with van der Waals surface area (Å²) in [7, 11) is 0. The lowest BCUT2D eigenvalue weighted by atomic mass is 10.5. The number of nitrogens with zero attached hydrogens (tertiary/aromatic N) is 3. The molecule has 0 bridgehead atoms. The standard InChI is InChI=1S/C9H12N4O3/c1-2-12-7(6-14)11-13(9(12)15)8-4-3-5-10-16-8/h3-5,10,14H,2,6H2,1H3. The van der Waals surface area contributed by atoms with Crippen LogP contribution in [0.3, 0.4) is 0 Å². The number of allylic oxidation sites excluding steroid dienone is 2. The fraction of sp³-hybridized carbons (Fsp3) is 0.333. The second kappa shape index (κ2) is 4.23. The SMILES string of the molecule is CCn1c(CO)nn(C2=CC=CNO2)c1=O. The van der Waals surface area contributed by atoms with E-state index in [2.05, 4.69) is 10.6 Å². The van der Waals surface area contributed by atoms with Crippen molar-refractivity contribution in [2.75, 3.05) is 0 Å². The lowest BCUT2D eigenvalue weighted by molar-refractivity contribution is 0.177. The molecule has 1 aliphatic rings. The van der Waals surface area contributed by atoms with E-state index in [0.717, 1.165) is 4.68 Å². The Morgan fingerprint density at radius 2 is 2.44 bits per heavy atom. The van der Waals surface area contributed by atoms with Crippen LogP contribution < -0.4 is 11.2 Å². The monoisotopic (exact) mass is 224 g/mol. The molecule has 86 valence electrons. The largest absolute Gasteiger partial charge is 0.388 e. The minimum absolute atomic E-state index is 0.273. The van der Waals surface area contributed by atoms with E-state index in [1.807, 2.05) is 0 Å². The fourth-order valence-corrected chi connectivity index (χ4v) is 1.43. The van der Waals surface area contributed by atoms with Crippen molar-refractivity contribution in [3.8, 4) is 0 Å². The second-order valence-electron chi connectivity index (χ2n) is 3.10. The fourth-order valence-electron chi connectivity index (χ4n) is 1.43. The van der Waals surface area contributed by atoms with Crippen molar-refractivity contribution < 1.29 is 9.94 Å². The summed E-state index contributed by atoms with van der Waals surface area (Å²) in [4.78, 5) is 16.9. The Balaban J connectivity index is 2.49. The molecule has 1 aromatic rings. The topological polar surface area (TPSA) is 81.3 Å². The third kappa shape index (κ3) is 1.61. The Morgan fingerprint density at radius 3 is 2.94 bits per heavy atom. The van der Waals surface area contributed by atoms with E-state index >= 15 is 0 Å². The lowest BCUT2D eigenvalue weighted by Gasteiger charge is -2.09. The van der Waals surface area contributed by atoms with Gasteiger partial charge in [0.1, 0.15) is 6.61 Å². The molecule has 0 aromatic carbocycles. The lowest BCUT2D eigenvalue weighted by Crippen LogP contribution is -2.27. The highest BCUT2D eigenvalue weighted by Crippen LogP contribution is 2.05. The van der Waals surface area contributed by atoms with Gasteiger partial charge in [-0.25, -0.2) is 10.3 Å². The summed E-state index contributed by atoms with van der Waals surface area (Å²) in [6.07, 6.45) is 4.87. The predicted octanol–water partition coefficient (Wildman–Crippen LogP) is -0.596. The highest BCUT2D eigenvalue weighted by atomic mass is 16.7. The normalized spacial score (nSPS) is 14.2. The van der Waals surface area contributed by atoms with Crippen molar-refractivity contribution >= 4 is 5.88 Å². The van der Waals surface area contributed by atoms with Crippen LogP contribution in [0, 0.1) is 0 Å². The van der Waals surface area contributed by atoms with Crippen molar-refractivity contribution in [3.63, 3.8) is 0 Å². The van der Waals surface area contributed by atoms with Gasteiger partial charge in [-0.05, 0) is 13.0 Å². The molecule has 0 unspecified atom stereocenters. The number of rotatable bonds is 3. The van der Waals surface area contributed by atoms with Crippen molar-refractivity contribution in [2.45, 2.75) is 20.1 Å². The molecule has 16 heavy (non-hydrogen) atoms. The molecule has 2 rings (SSSR count). The Morgan fingerprint density at radius 1 is 1.62 bits per heavy atom. The van der Waals surface area contributed by atoms with E-state index in [-0.39, 0.29) is 18.2 Å². The average Bonchev–Trinajstić information content (AvgIpc) is 2.66. The second-order valence-corrected chi connectivity index (χ2v) is 3.10. The third-order valence-corrected chi connectivity index (χ3v) is 2.17. The maximum atomic E-state index is 11.9. The van der Waals surface area contributed by atoms with Crippen molar-refractivity contribution in [2.24, 2.45) is 0 Å². The highest BCUT2D eigenvalue weighted by Gasteiger charge is 2.15. The zero-order valence-electron chi connectivity index (χ0n) is 8.75. The molecular weight excluding hydrogens is 212 g/mol. The van der Waals surface area contributed by atoms with Gasteiger partial charge < -0.3 is 9.94 Å². The Hall–Kier alpha value is -2.02. The summed E-state index contributed by atoms with van der Waals surface area (Å²) < 4.78 is 2.48. The Labute approximate surface area is 91.2 Å². The van der Waals surface area contributed by atoms with Gasteiger partial charge in [-0.3, -0.25) is 4.57 Å². The van der Waals surface area contributed by atoms with Gasteiger partial charge in [0.05, 0.1) is 0 Å². The number of aromatic nitrogens is 3. The molecule has 2 N–H and O–H groups in total. The van der Waals surface area contributed by atoms with Crippen LogP contribution in [0.15, 0.2) is 23.1 Å². The van der Waals surface area contributed by atoms with E-state index in [1.54, 1.807) is 25.3 Å². The zero-order valence-corrected chi connectivity index (χ0v) is 8.75. The number of hydrogen-bond acceptors (Lipinski definition) is 5. The molecule has 0 radical (unpaired) electrons. The summed E-state index contributed by atoms with van der Waals surface area (Å²) in [5.74, 6) is 0.584. The van der Waals surface area contributed by atoms with Crippen molar-refractivity contribution in [1.29, 1.82) is 0 Å². The van der Waals surface area contributed by atoms with Crippen LogP contribution in [-0.4, -0.2) is 19.5 Å². The molecule has 0 spiro atoms. The van der Waals surface area contributed by atoms with Gasteiger partial charge >= 0.3 is 5.69 Å². The molecule has 0 saturated heterocycles. The van der Waals surface area contributed by atoms with E-state index in [4.69, 9.17) is 9.94 Å². The van der Waals surface area contributed by atoms with Gasteiger partial charge in [-0.1, -0.05) is 0 Å². The quantitative estimate of drug-likeness (QED) is 0.716. The first-order chi connectivity index (χ1) is 7.77. The van der Waals surface area contributed by atoms with E-state index < -0.39 is 0 Å². The van der Waals surface area contributed by atoms with Crippen molar-refractivity contribution in [3.05, 3.63) is 34.7 Å². The van der Waals surface area contributed by atoms with Crippen molar-refractivity contribution in [1.82, 2.24) is 19.8 Å². The van der Waals surface area contributed by atoms with Crippen LogP contribution in [0.1, 0.15) is 12.7 Å². The minimum atomic E-state index is -0.338. The molecule has 0 atom stereocenters. The maximum Gasteiger partial charge on any atom is 0.353 e. The van der Waals surface area contributed by atoms with E-state index in [1.165, 1.54) is 4.57 Å². The van der Waals surface area contributed by atoms with Gasteiger partial charge in [0, 0.05) is 18.8 Å². The van der Waals surface area contributed by atoms with Gasteiger partial charge in [-0.15, -0.1) is 9.78 Å². The summed E-state index contributed by atoms with van der Waals surface area (Å²) in [6.45, 7) is 1.97. The average molecular weight is 224 g/mol. The van der Waals surface area contributed by atoms with E-state index in [0.29, 0.717) is 12.4 Å². The molecule has 0 amide bonds. The molecule has 7 heteroatoms. The van der Waals surface area contributed by atoms with Crippen LogP contribution >= 0.6 is 0 Å². The number of aliphatic hydroxyl groups excluding tert-OH is 1. The zero-order chi connectivity index (χ0) is 11.5. The summed E-state index contributed by atoms with van der Waals surface area (Å²) in [5, 5.41) is 13.0. The van der Waals surface area contributed by atoms with Gasteiger partial charge in [0.2, 0.25) is 0 Å². The maximum absolute atomic E-state index is 11.9. The number of hydrogen-bond donors (Lipinski definition) is 2. The molecule has 0 fully saturated rings. The number of hydroxylamine groups is 1.